The Morgan fingerprint density at radius 1 is 1.19 bits per heavy atom. The quantitative estimate of drug-likeness (QED) is 0.741. The average molecular weight is 290 g/mol. The molecule has 0 N–H and O–H groups in total. The summed E-state index contributed by atoms with van der Waals surface area (Å²) in [5.74, 6) is 0. The third kappa shape index (κ3) is 2.99. The summed E-state index contributed by atoms with van der Waals surface area (Å²) in [5.41, 5.74) is 0.552. The van der Waals surface area contributed by atoms with E-state index < -0.39 is 0 Å². The molecule has 2 aliphatic rings. The second kappa shape index (κ2) is 5.36. The molecule has 1 saturated carbocycles. The largest absolute Gasteiger partial charge is 0.373 e. The number of rotatable bonds is 3. The lowest BCUT2D eigenvalue weighted by molar-refractivity contribution is -0.0759. The summed E-state index contributed by atoms with van der Waals surface area (Å²) in [6, 6.07) is 0. The van der Waals surface area contributed by atoms with Crippen molar-refractivity contribution in [1.29, 1.82) is 0 Å². The van der Waals surface area contributed by atoms with E-state index in [2.05, 4.69) is 34.7 Å². The molecule has 0 radical (unpaired) electrons. The van der Waals surface area contributed by atoms with Gasteiger partial charge in [-0.2, -0.15) is 0 Å². The molecule has 0 bridgehead atoms. The van der Waals surface area contributed by atoms with Gasteiger partial charge in [0.2, 0.25) is 0 Å². The molecule has 94 valence electrons. The summed E-state index contributed by atoms with van der Waals surface area (Å²) >= 11 is 3.73. The highest BCUT2D eigenvalue weighted by Gasteiger charge is 2.36. The molecule has 16 heavy (non-hydrogen) atoms. The standard InChI is InChI=1S/C13H24BrNO/c1-11-7-15(8-12(2)16-11)10-13(9-14)5-3-4-6-13/h11-12H,3-10H2,1-2H3/t11-,12+. The van der Waals surface area contributed by atoms with Crippen LogP contribution in [0.15, 0.2) is 0 Å². The molecule has 0 aromatic rings. The molecule has 0 amide bonds. The van der Waals surface area contributed by atoms with E-state index in [1.165, 1.54) is 37.6 Å². The molecule has 0 spiro atoms. The first-order chi connectivity index (χ1) is 7.63. The van der Waals surface area contributed by atoms with Crippen LogP contribution in [0.25, 0.3) is 0 Å². The van der Waals surface area contributed by atoms with Crippen molar-refractivity contribution in [3.05, 3.63) is 0 Å². The number of morpholine rings is 1. The predicted octanol–water partition coefficient (Wildman–Crippen LogP) is 3.05. The molecule has 1 heterocycles. The first-order valence-electron chi connectivity index (χ1n) is 6.57. The molecule has 0 aromatic heterocycles. The summed E-state index contributed by atoms with van der Waals surface area (Å²) in [6.07, 6.45) is 6.44. The number of nitrogens with zero attached hydrogens (tertiary/aromatic N) is 1. The fourth-order valence-corrected chi connectivity index (χ4v) is 4.08. The monoisotopic (exact) mass is 289 g/mol. The number of halogens is 1. The fraction of sp³-hybridized carbons (Fsp3) is 1.00. The summed E-state index contributed by atoms with van der Waals surface area (Å²) in [5, 5.41) is 1.17. The van der Waals surface area contributed by atoms with E-state index in [0.29, 0.717) is 17.6 Å². The van der Waals surface area contributed by atoms with E-state index in [1.807, 2.05) is 0 Å². The lowest BCUT2D eigenvalue weighted by atomic mass is 9.88. The third-order valence-electron chi connectivity index (χ3n) is 4.00. The first kappa shape index (κ1) is 12.8. The second-order valence-corrected chi connectivity index (χ2v) is 6.35. The molecule has 1 aliphatic carbocycles. The molecular formula is C13H24BrNO. The maximum absolute atomic E-state index is 5.79. The van der Waals surface area contributed by atoms with Crippen LogP contribution in [-0.2, 0) is 4.74 Å². The highest BCUT2D eigenvalue weighted by atomic mass is 79.9. The molecular weight excluding hydrogens is 266 g/mol. The minimum Gasteiger partial charge on any atom is -0.373 e. The molecule has 1 saturated heterocycles. The Hall–Kier alpha value is 0.400. The predicted molar refractivity (Wildman–Crippen MR) is 71.1 cm³/mol. The number of alkyl halides is 1. The maximum Gasteiger partial charge on any atom is 0.0678 e. The van der Waals surface area contributed by atoms with Crippen LogP contribution in [0.5, 0.6) is 0 Å². The van der Waals surface area contributed by atoms with Crippen molar-refractivity contribution in [2.75, 3.05) is 25.0 Å². The van der Waals surface area contributed by atoms with E-state index in [1.54, 1.807) is 0 Å². The lowest BCUT2D eigenvalue weighted by Crippen LogP contribution is -2.49. The van der Waals surface area contributed by atoms with E-state index >= 15 is 0 Å². The van der Waals surface area contributed by atoms with Gasteiger partial charge in [-0.1, -0.05) is 28.8 Å². The Kier molecular flexibility index (Phi) is 4.31. The molecule has 2 nitrogen and oxygen atoms in total. The Morgan fingerprint density at radius 3 is 2.25 bits per heavy atom. The zero-order valence-electron chi connectivity index (χ0n) is 10.5. The summed E-state index contributed by atoms with van der Waals surface area (Å²) in [4.78, 5) is 2.62. The third-order valence-corrected chi connectivity index (χ3v) is 5.19. The van der Waals surface area contributed by atoms with Crippen LogP contribution < -0.4 is 0 Å². The van der Waals surface area contributed by atoms with Crippen LogP contribution in [0.4, 0.5) is 0 Å². The maximum atomic E-state index is 5.79. The molecule has 3 heteroatoms. The SMILES string of the molecule is C[C@@H]1CN(CC2(CBr)CCCC2)C[C@H](C)O1. The van der Waals surface area contributed by atoms with Gasteiger partial charge in [0.25, 0.3) is 0 Å². The normalized spacial score (nSPS) is 35.4. The number of hydrogen-bond acceptors (Lipinski definition) is 2. The van der Waals surface area contributed by atoms with Gasteiger partial charge in [-0.05, 0) is 32.1 Å². The van der Waals surface area contributed by atoms with Crippen molar-refractivity contribution in [2.24, 2.45) is 5.41 Å². The summed E-state index contributed by atoms with van der Waals surface area (Å²) < 4.78 is 5.79. The smallest absolute Gasteiger partial charge is 0.0678 e. The number of hydrogen-bond donors (Lipinski definition) is 0. The van der Waals surface area contributed by atoms with Crippen LogP contribution in [0.1, 0.15) is 39.5 Å². The first-order valence-corrected chi connectivity index (χ1v) is 7.69. The van der Waals surface area contributed by atoms with Gasteiger partial charge >= 0.3 is 0 Å². The minimum atomic E-state index is 0.400. The highest BCUT2D eigenvalue weighted by Crippen LogP contribution is 2.40. The fourth-order valence-electron chi connectivity index (χ4n) is 3.35. The van der Waals surface area contributed by atoms with Crippen molar-refractivity contribution < 1.29 is 4.74 Å². The molecule has 1 aliphatic heterocycles. The van der Waals surface area contributed by atoms with E-state index in [9.17, 15) is 0 Å². The van der Waals surface area contributed by atoms with Crippen LogP contribution in [0, 0.1) is 5.41 Å². The van der Waals surface area contributed by atoms with Crippen LogP contribution >= 0.6 is 15.9 Å². The van der Waals surface area contributed by atoms with Gasteiger partial charge in [-0.15, -0.1) is 0 Å². The van der Waals surface area contributed by atoms with Gasteiger partial charge in [0.05, 0.1) is 12.2 Å². The second-order valence-electron chi connectivity index (χ2n) is 5.79. The molecule has 2 atom stereocenters. The Balaban J connectivity index is 1.92. The Morgan fingerprint density at radius 2 is 1.75 bits per heavy atom. The van der Waals surface area contributed by atoms with Crippen molar-refractivity contribution in [1.82, 2.24) is 4.90 Å². The Labute approximate surface area is 108 Å². The van der Waals surface area contributed by atoms with Gasteiger partial charge in [-0.3, -0.25) is 4.90 Å². The molecule has 2 rings (SSSR count). The van der Waals surface area contributed by atoms with Gasteiger partial charge in [-0.25, -0.2) is 0 Å². The van der Waals surface area contributed by atoms with E-state index in [-0.39, 0.29) is 0 Å². The summed E-state index contributed by atoms with van der Waals surface area (Å²) in [6.45, 7) is 7.87. The van der Waals surface area contributed by atoms with Crippen LogP contribution in [-0.4, -0.2) is 42.1 Å². The van der Waals surface area contributed by atoms with E-state index in [0.717, 1.165) is 13.1 Å². The topological polar surface area (TPSA) is 12.5 Å². The molecule has 2 fully saturated rings. The zero-order chi connectivity index (χ0) is 11.6. The number of ether oxygens (including phenoxy) is 1. The highest BCUT2D eigenvalue weighted by molar-refractivity contribution is 9.09. The van der Waals surface area contributed by atoms with Crippen molar-refractivity contribution in [3.63, 3.8) is 0 Å². The molecule has 0 aromatic carbocycles. The summed E-state index contributed by atoms with van der Waals surface area (Å²) in [7, 11) is 0. The van der Waals surface area contributed by atoms with Gasteiger partial charge in [0.1, 0.15) is 0 Å². The van der Waals surface area contributed by atoms with Gasteiger partial charge in [0, 0.05) is 25.0 Å². The average Bonchev–Trinajstić information content (AvgIpc) is 2.65. The van der Waals surface area contributed by atoms with Gasteiger partial charge < -0.3 is 4.74 Å². The van der Waals surface area contributed by atoms with Crippen molar-refractivity contribution in [3.8, 4) is 0 Å². The van der Waals surface area contributed by atoms with Crippen molar-refractivity contribution in [2.45, 2.75) is 51.7 Å². The minimum absolute atomic E-state index is 0.400. The van der Waals surface area contributed by atoms with Crippen LogP contribution in [0.2, 0.25) is 0 Å². The van der Waals surface area contributed by atoms with Crippen molar-refractivity contribution >= 4 is 15.9 Å². The van der Waals surface area contributed by atoms with E-state index in [4.69, 9.17) is 4.74 Å². The van der Waals surface area contributed by atoms with Gasteiger partial charge in [0.15, 0.2) is 0 Å². The van der Waals surface area contributed by atoms with Crippen LogP contribution in [0.3, 0.4) is 0 Å². The zero-order valence-corrected chi connectivity index (χ0v) is 12.1. The Bertz CT molecular complexity index is 218. The molecule has 0 unspecified atom stereocenters. The lowest BCUT2D eigenvalue weighted by Gasteiger charge is -2.40.